The second-order valence-electron chi connectivity index (χ2n) is 3.90. The largest absolute Gasteiger partial charge is 0.365 e. The number of anilines is 2. The lowest BCUT2D eigenvalue weighted by Gasteiger charge is -2.09. The molecular weight excluding hydrogens is 283 g/mol. The molecule has 0 spiro atoms. The summed E-state index contributed by atoms with van der Waals surface area (Å²) in [6.45, 7) is 3.37. The summed E-state index contributed by atoms with van der Waals surface area (Å²) < 4.78 is 0. The van der Waals surface area contributed by atoms with Gasteiger partial charge >= 0.3 is 0 Å². The van der Waals surface area contributed by atoms with Crippen LogP contribution >= 0.6 is 23.2 Å². The van der Waals surface area contributed by atoms with E-state index in [4.69, 9.17) is 23.2 Å². The first-order valence-corrected chi connectivity index (χ1v) is 6.69. The molecule has 1 aromatic heterocycles. The standard InChI is InChI=1S/C13H14Cl2N4/c1-2-16-13-18-8-11(15)12(19-13)17-7-9-3-5-10(14)6-4-9/h3-6,8H,2,7H2,1H3,(H2,16,17,18,19). The van der Waals surface area contributed by atoms with Gasteiger partial charge in [-0.1, -0.05) is 35.3 Å². The van der Waals surface area contributed by atoms with E-state index < -0.39 is 0 Å². The Morgan fingerprint density at radius 1 is 1.11 bits per heavy atom. The fourth-order valence-corrected chi connectivity index (χ4v) is 1.81. The van der Waals surface area contributed by atoms with E-state index in [2.05, 4.69) is 20.6 Å². The summed E-state index contributed by atoms with van der Waals surface area (Å²) in [4.78, 5) is 8.39. The van der Waals surface area contributed by atoms with Crippen LogP contribution in [0, 0.1) is 0 Å². The van der Waals surface area contributed by atoms with Gasteiger partial charge in [0.25, 0.3) is 0 Å². The molecule has 0 radical (unpaired) electrons. The van der Waals surface area contributed by atoms with Crippen LogP contribution in [-0.4, -0.2) is 16.5 Å². The molecule has 0 unspecified atom stereocenters. The highest BCUT2D eigenvalue weighted by Gasteiger charge is 2.04. The predicted octanol–water partition coefficient (Wildman–Crippen LogP) is 3.83. The number of rotatable bonds is 5. The molecule has 0 atom stereocenters. The van der Waals surface area contributed by atoms with Crippen molar-refractivity contribution in [2.24, 2.45) is 0 Å². The van der Waals surface area contributed by atoms with Crippen molar-refractivity contribution >= 4 is 35.0 Å². The summed E-state index contributed by atoms with van der Waals surface area (Å²) in [7, 11) is 0. The lowest BCUT2D eigenvalue weighted by molar-refractivity contribution is 1.05. The molecule has 2 aromatic rings. The van der Waals surface area contributed by atoms with Crippen LogP contribution in [0.25, 0.3) is 0 Å². The highest BCUT2D eigenvalue weighted by Crippen LogP contribution is 2.20. The molecule has 6 heteroatoms. The van der Waals surface area contributed by atoms with E-state index in [9.17, 15) is 0 Å². The van der Waals surface area contributed by atoms with Crippen molar-refractivity contribution in [3.63, 3.8) is 0 Å². The lowest BCUT2D eigenvalue weighted by atomic mass is 10.2. The van der Waals surface area contributed by atoms with Crippen LogP contribution in [0.4, 0.5) is 11.8 Å². The number of hydrogen-bond acceptors (Lipinski definition) is 4. The second kappa shape index (κ2) is 6.59. The molecule has 1 heterocycles. The van der Waals surface area contributed by atoms with Crippen molar-refractivity contribution in [2.45, 2.75) is 13.5 Å². The molecule has 0 aliphatic heterocycles. The molecule has 1 aromatic carbocycles. The van der Waals surface area contributed by atoms with Crippen molar-refractivity contribution in [1.29, 1.82) is 0 Å². The number of benzene rings is 1. The van der Waals surface area contributed by atoms with Crippen LogP contribution in [0.1, 0.15) is 12.5 Å². The molecule has 0 fully saturated rings. The number of nitrogens with one attached hydrogen (secondary N) is 2. The maximum Gasteiger partial charge on any atom is 0.224 e. The Hall–Kier alpha value is -1.52. The maximum atomic E-state index is 6.05. The van der Waals surface area contributed by atoms with Crippen LogP contribution in [0.3, 0.4) is 0 Å². The monoisotopic (exact) mass is 296 g/mol. The molecule has 0 aliphatic carbocycles. The fraction of sp³-hybridized carbons (Fsp3) is 0.231. The molecule has 2 rings (SSSR count). The van der Waals surface area contributed by atoms with Gasteiger partial charge in [-0.3, -0.25) is 0 Å². The topological polar surface area (TPSA) is 49.8 Å². The molecule has 0 saturated heterocycles. The van der Waals surface area contributed by atoms with E-state index in [1.54, 1.807) is 6.20 Å². The molecule has 0 bridgehead atoms. The van der Waals surface area contributed by atoms with E-state index in [0.717, 1.165) is 17.1 Å². The van der Waals surface area contributed by atoms with Gasteiger partial charge in [0.05, 0.1) is 6.20 Å². The van der Waals surface area contributed by atoms with Gasteiger partial charge in [0.2, 0.25) is 5.95 Å². The van der Waals surface area contributed by atoms with Gasteiger partial charge in [0, 0.05) is 18.1 Å². The van der Waals surface area contributed by atoms with Crippen molar-refractivity contribution in [2.75, 3.05) is 17.2 Å². The first kappa shape index (κ1) is 13.9. The van der Waals surface area contributed by atoms with Gasteiger partial charge in [-0.15, -0.1) is 0 Å². The molecule has 19 heavy (non-hydrogen) atoms. The van der Waals surface area contributed by atoms with E-state index in [-0.39, 0.29) is 0 Å². The van der Waals surface area contributed by atoms with E-state index in [1.165, 1.54) is 0 Å². The van der Waals surface area contributed by atoms with Gasteiger partial charge in [0.1, 0.15) is 5.02 Å². The summed E-state index contributed by atoms with van der Waals surface area (Å²) in [5.41, 5.74) is 1.10. The van der Waals surface area contributed by atoms with Crippen molar-refractivity contribution < 1.29 is 0 Å². The summed E-state index contributed by atoms with van der Waals surface area (Å²) in [6.07, 6.45) is 1.58. The van der Waals surface area contributed by atoms with Crippen LogP contribution in [0.15, 0.2) is 30.5 Å². The Morgan fingerprint density at radius 2 is 1.84 bits per heavy atom. The predicted molar refractivity (Wildman–Crippen MR) is 80.0 cm³/mol. The fourth-order valence-electron chi connectivity index (χ4n) is 1.52. The molecule has 100 valence electrons. The minimum absolute atomic E-state index is 0.496. The van der Waals surface area contributed by atoms with Gasteiger partial charge in [0.15, 0.2) is 5.82 Å². The minimum Gasteiger partial charge on any atom is -0.365 e. The average Bonchev–Trinajstić information content (AvgIpc) is 2.41. The summed E-state index contributed by atoms with van der Waals surface area (Å²) >= 11 is 11.9. The van der Waals surface area contributed by atoms with Crippen LogP contribution in [0.2, 0.25) is 10.0 Å². The molecule has 4 nitrogen and oxygen atoms in total. The normalized spacial score (nSPS) is 10.3. The highest BCUT2D eigenvalue weighted by atomic mass is 35.5. The van der Waals surface area contributed by atoms with Crippen molar-refractivity contribution in [3.8, 4) is 0 Å². The third kappa shape index (κ3) is 3.98. The zero-order valence-electron chi connectivity index (χ0n) is 10.5. The highest BCUT2D eigenvalue weighted by molar-refractivity contribution is 6.32. The number of aromatic nitrogens is 2. The molecule has 0 amide bonds. The molecule has 0 saturated carbocycles. The SMILES string of the molecule is CCNc1ncc(Cl)c(NCc2ccc(Cl)cc2)n1. The van der Waals surface area contributed by atoms with Crippen molar-refractivity contribution in [1.82, 2.24) is 9.97 Å². The van der Waals surface area contributed by atoms with E-state index in [1.807, 2.05) is 31.2 Å². The van der Waals surface area contributed by atoms with Gasteiger partial charge < -0.3 is 10.6 Å². The van der Waals surface area contributed by atoms with Crippen molar-refractivity contribution in [3.05, 3.63) is 46.1 Å². The molecular formula is C13H14Cl2N4. The quantitative estimate of drug-likeness (QED) is 0.880. The third-order valence-electron chi connectivity index (χ3n) is 2.45. The van der Waals surface area contributed by atoms with Crippen LogP contribution in [0.5, 0.6) is 0 Å². The Morgan fingerprint density at radius 3 is 2.53 bits per heavy atom. The van der Waals surface area contributed by atoms with Gasteiger partial charge in [-0.2, -0.15) is 4.98 Å². The second-order valence-corrected chi connectivity index (χ2v) is 4.74. The smallest absolute Gasteiger partial charge is 0.224 e. The zero-order chi connectivity index (χ0) is 13.7. The summed E-state index contributed by atoms with van der Waals surface area (Å²) in [5, 5.41) is 7.44. The van der Waals surface area contributed by atoms with Gasteiger partial charge in [-0.05, 0) is 24.6 Å². The summed E-state index contributed by atoms with van der Waals surface area (Å²) in [6, 6.07) is 7.61. The first-order chi connectivity index (χ1) is 9.19. The maximum absolute atomic E-state index is 6.05. The lowest BCUT2D eigenvalue weighted by Crippen LogP contribution is -2.07. The summed E-state index contributed by atoms with van der Waals surface area (Å²) in [5.74, 6) is 1.17. The Kier molecular flexibility index (Phi) is 4.82. The number of halogens is 2. The zero-order valence-corrected chi connectivity index (χ0v) is 12.0. The molecule has 2 N–H and O–H groups in total. The van der Waals surface area contributed by atoms with Crippen LogP contribution < -0.4 is 10.6 Å². The van der Waals surface area contributed by atoms with Gasteiger partial charge in [-0.25, -0.2) is 4.98 Å². The van der Waals surface area contributed by atoms with E-state index in [0.29, 0.717) is 23.3 Å². The third-order valence-corrected chi connectivity index (χ3v) is 2.98. The number of nitrogens with zero attached hydrogens (tertiary/aromatic N) is 2. The van der Waals surface area contributed by atoms with Crippen LogP contribution in [-0.2, 0) is 6.54 Å². The number of hydrogen-bond donors (Lipinski definition) is 2. The van der Waals surface area contributed by atoms with E-state index >= 15 is 0 Å². The minimum atomic E-state index is 0.496. The Bertz CT molecular complexity index is 543. The molecule has 0 aliphatic rings. The average molecular weight is 297 g/mol. The Labute approximate surface area is 122 Å². The first-order valence-electron chi connectivity index (χ1n) is 5.93. The Balaban J connectivity index is 2.05.